The highest BCUT2D eigenvalue weighted by Gasteiger charge is 2.33. The zero-order valence-electron chi connectivity index (χ0n) is 14.6. The van der Waals surface area contributed by atoms with Gasteiger partial charge in [-0.25, -0.2) is 4.98 Å². The molecule has 1 saturated heterocycles. The van der Waals surface area contributed by atoms with E-state index in [1.165, 1.54) is 23.1 Å². The Kier molecular flexibility index (Phi) is 5.44. The first-order valence-electron chi connectivity index (χ1n) is 8.14. The molecular weight excluding hydrogens is 354 g/mol. The molecule has 5 nitrogen and oxygen atoms in total. The Labute approximate surface area is 156 Å². The van der Waals surface area contributed by atoms with Crippen molar-refractivity contribution >= 4 is 34.9 Å². The maximum atomic E-state index is 13.1. The second-order valence-corrected chi connectivity index (χ2v) is 8.03. The zero-order valence-corrected chi connectivity index (χ0v) is 16.2. The molecule has 1 fully saturated rings. The minimum Gasteiger partial charge on any atom is -0.344 e. The Morgan fingerprint density at radius 2 is 2.12 bits per heavy atom. The van der Waals surface area contributed by atoms with Crippen LogP contribution in [-0.4, -0.2) is 53.5 Å². The van der Waals surface area contributed by atoms with Crippen molar-refractivity contribution in [3.05, 3.63) is 45.8 Å². The predicted octanol–water partition coefficient (Wildman–Crippen LogP) is 3.54. The summed E-state index contributed by atoms with van der Waals surface area (Å²) in [5.74, 6) is 0.0258. The number of amides is 2. The van der Waals surface area contributed by atoms with Crippen LogP contribution in [-0.2, 0) is 0 Å². The molecule has 0 unspecified atom stereocenters. The van der Waals surface area contributed by atoms with Gasteiger partial charge in [-0.3, -0.25) is 9.59 Å². The summed E-state index contributed by atoms with van der Waals surface area (Å²) >= 11 is 2.97. The number of thiophene rings is 1. The third-order valence-corrected chi connectivity index (χ3v) is 6.17. The summed E-state index contributed by atoms with van der Waals surface area (Å²) in [7, 11) is 3.50. The number of thioether (sulfide) groups is 1. The van der Waals surface area contributed by atoms with Crippen molar-refractivity contribution in [1.82, 2.24) is 14.8 Å². The third kappa shape index (κ3) is 3.57. The molecule has 2 amide bonds. The Morgan fingerprint density at radius 3 is 2.84 bits per heavy atom. The molecule has 0 saturated carbocycles. The molecule has 0 spiro atoms. The van der Waals surface area contributed by atoms with Crippen LogP contribution in [0.2, 0.25) is 0 Å². The summed E-state index contributed by atoms with van der Waals surface area (Å²) in [5.41, 5.74) is 0.656. The number of aromatic nitrogens is 1. The van der Waals surface area contributed by atoms with E-state index < -0.39 is 0 Å². The first kappa shape index (κ1) is 17.9. The molecule has 0 aliphatic carbocycles. The quantitative estimate of drug-likeness (QED) is 0.767. The van der Waals surface area contributed by atoms with Crippen LogP contribution >= 0.6 is 23.1 Å². The van der Waals surface area contributed by atoms with Gasteiger partial charge in [-0.1, -0.05) is 0 Å². The van der Waals surface area contributed by atoms with Crippen LogP contribution in [0.3, 0.4) is 0 Å². The molecule has 25 heavy (non-hydrogen) atoms. The molecule has 1 atom stereocenters. The Hall–Kier alpha value is -1.86. The van der Waals surface area contributed by atoms with E-state index in [2.05, 4.69) is 4.98 Å². The average molecular weight is 376 g/mol. The van der Waals surface area contributed by atoms with E-state index in [1.54, 1.807) is 31.3 Å². The lowest BCUT2D eigenvalue weighted by atomic mass is 10.1. The number of carbonyl (C=O) groups is 2. The van der Waals surface area contributed by atoms with E-state index >= 15 is 0 Å². The first-order valence-corrected chi connectivity index (χ1v) is 10.2. The van der Waals surface area contributed by atoms with Crippen molar-refractivity contribution in [3.63, 3.8) is 0 Å². The van der Waals surface area contributed by atoms with Gasteiger partial charge < -0.3 is 9.80 Å². The summed E-state index contributed by atoms with van der Waals surface area (Å²) in [6.07, 6.45) is 5.54. The largest absolute Gasteiger partial charge is 0.344 e. The van der Waals surface area contributed by atoms with Crippen LogP contribution in [0.5, 0.6) is 0 Å². The average Bonchev–Trinajstić information content (AvgIpc) is 3.29. The van der Waals surface area contributed by atoms with Gasteiger partial charge in [-0.2, -0.15) is 0 Å². The van der Waals surface area contributed by atoms with Crippen LogP contribution in [0.1, 0.15) is 43.8 Å². The molecular formula is C18H21N3O2S2. The summed E-state index contributed by atoms with van der Waals surface area (Å²) in [4.78, 5) is 34.8. The van der Waals surface area contributed by atoms with Gasteiger partial charge in [0.1, 0.15) is 5.03 Å². The van der Waals surface area contributed by atoms with E-state index in [0.717, 1.165) is 29.3 Å². The lowest BCUT2D eigenvalue weighted by molar-refractivity contribution is 0.0733. The lowest BCUT2D eigenvalue weighted by Crippen LogP contribution is -2.30. The van der Waals surface area contributed by atoms with Gasteiger partial charge in [0.25, 0.3) is 11.8 Å². The molecule has 1 aliphatic heterocycles. The maximum Gasteiger partial charge on any atom is 0.263 e. The summed E-state index contributed by atoms with van der Waals surface area (Å²) in [5, 5.41) is 0.757. The van der Waals surface area contributed by atoms with Crippen molar-refractivity contribution < 1.29 is 9.59 Å². The number of hydrogen-bond donors (Lipinski definition) is 0. The fourth-order valence-electron chi connectivity index (χ4n) is 3.04. The van der Waals surface area contributed by atoms with Gasteiger partial charge in [0.05, 0.1) is 16.5 Å². The monoisotopic (exact) mass is 375 g/mol. The SMILES string of the molecule is CSc1ncccc1C(=O)N1CCC[C@@H]1c1ccc(C(=O)N(C)C)s1. The minimum atomic E-state index is 0.00375. The normalized spacial score (nSPS) is 16.9. The van der Waals surface area contributed by atoms with Crippen LogP contribution in [0.4, 0.5) is 0 Å². The lowest BCUT2D eigenvalue weighted by Gasteiger charge is -2.24. The topological polar surface area (TPSA) is 53.5 Å². The smallest absolute Gasteiger partial charge is 0.263 e. The number of carbonyl (C=O) groups excluding carboxylic acids is 2. The Bertz CT molecular complexity index is 788. The first-order chi connectivity index (χ1) is 12.0. The Morgan fingerprint density at radius 1 is 1.32 bits per heavy atom. The van der Waals surface area contributed by atoms with E-state index in [0.29, 0.717) is 10.4 Å². The van der Waals surface area contributed by atoms with E-state index in [9.17, 15) is 9.59 Å². The highest BCUT2D eigenvalue weighted by molar-refractivity contribution is 7.98. The van der Waals surface area contributed by atoms with Gasteiger partial charge in [0, 0.05) is 31.7 Å². The molecule has 3 rings (SSSR count). The van der Waals surface area contributed by atoms with Crippen molar-refractivity contribution in [2.45, 2.75) is 23.9 Å². The van der Waals surface area contributed by atoms with Gasteiger partial charge in [0.15, 0.2) is 0 Å². The number of likely N-dealkylation sites (tertiary alicyclic amines) is 1. The van der Waals surface area contributed by atoms with Gasteiger partial charge in [-0.05, 0) is 43.4 Å². The van der Waals surface area contributed by atoms with Crippen LogP contribution in [0.15, 0.2) is 35.5 Å². The van der Waals surface area contributed by atoms with Crippen molar-refractivity contribution in [2.75, 3.05) is 26.9 Å². The number of hydrogen-bond acceptors (Lipinski definition) is 5. The second-order valence-electron chi connectivity index (χ2n) is 6.12. The third-order valence-electron chi connectivity index (χ3n) is 4.28. The second kappa shape index (κ2) is 7.58. The van der Waals surface area contributed by atoms with Gasteiger partial charge >= 0.3 is 0 Å². The molecule has 132 valence electrons. The zero-order chi connectivity index (χ0) is 18.0. The molecule has 3 heterocycles. The van der Waals surface area contributed by atoms with Crippen molar-refractivity contribution in [2.24, 2.45) is 0 Å². The van der Waals surface area contributed by atoms with Gasteiger partial charge in [0.2, 0.25) is 0 Å². The highest BCUT2D eigenvalue weighted by atomic mass is 32.2. The summed E-state index contributed by atoms with van der Waals surface area (Å²) in [6, 6.07) is 7.52. The number of rotatable bonds is 4. The molecule has 2 aromatic heterocycles. The number of nitrogens with zero attached hydrogens (tertiary/aromatic N) is 3. The molecule has 2 aromatic rings. The highest BCUT2D eigenvalue weighted by Crippen LogP contribution is 2.37. The molecule has 1 aliphatic rings. The minimum absolute atomic E-state index is 0.00375. The molecule has 0 N–H and O–H groups in total. The van der Waals surface area contributed by atoms with Gasteiger partial charge in [-0.15, -0.1) is 23.1 Å². The molecule has 7 heteroatoms. The fourth-order valence-corrected chi connectivity index (χ4v) is 4.76. The van der Waals surface area contributed by atoms with E-state index in [-0.39, 0.29) is 17.9 Å². The van der Waals surface area contributed by atoms with E-state index in [4.69, 9.17) is 0 Å². The maximum absolute atomic E-state index is 13.1. The number of pyridine rings is 1. The van der Waals surface area contributed by atoms with Crippen LogP contribution in [0.25, 0.3) is 0 Å². The van der Waals surface area contributed by atoms with Crippen molar-refractivity contribution in [1.29, 1.82) is 0 Å². The van der Waals surface area contributed by atoms with Crippen LogP contribution in [0, 0.1) is 0 Å². The Balaban J connectivity index is 1.86. The molecule has 0 bridgehead atoms. The van der Waals surface area contributed by atoms with E-state index in [1.807, 2.05) is 29.4 Å². The standard InChI is InChI=1S/C18H21N3O2S2/c1-20(2)18(23)15-9-8-14(25-15)13-7-5-11-21(13)17(22)12-6-4-10-19-16(12)24-3/h4,6,8-10,13H,5,7,11H2,1-3H3/t13-/m1/s1. The van der Waals surface area contributed by atoms with Crippen molar-refractivity contribution in [3.8, 4) is 0 Å². The fraction of sp³-hybridized carbons (Fsp3) is 0.389. The predicted molar refractivity (Wildman–Crippen MR) is 101 cm³/mol. The molecule has 0 radical (unpaired) electrons. The summed E-state index contributed by atoms with van der Waals surface area (Å²) in [6.45, 7) is 0.737. The van der Waals surface area contributed by atoms with Crippen LogP contribution < -0.4 is 0 Å². The molecule has 0 aromatic carbocycles. The summed E-state index contributed by atoms with van der Waals surface area (Å²) < 4.78 is 0.